The highest BCUT2D eigenvalue weighted by atomic mass is 19.1. The first kappa shape index (κ1) is 16.5. The summed E-state index contributed by atoms with van der Waals surface area (Å²) in [6, 6.07) is 8.31. The van der Waals surface area contributed by atoms with E-state index in [0.717, 1.165) is 23.0 Å². The van der Waals surface area contributed by atoms with Crippen molar-refractivity contribution in [3.63, 3.8) is 0 Å². The van der Waals surface area contributed by atoms with Gasteiger partial charge in [-0.1, -0.05) is 12.1 Å². The number of halogens is 1. The SMILES string of the molecule is COCCn1c(C)c(C)c2ccnc(OCc3ccc(F)cc3)c21. The van der Waals surface area contributed by atoms with E-state index in [2.05, 4.69) is 23.4 Å². The van der Waals surface area contributed by atoms with E-state index in [4.69, 9.17) is 9.47 Å². The van der Waals surface area contributed by atoms with Crippen LogP contribution in [0.2, 0.25) is 0 Å². The molecule has 0 radical (unpaired) electrons. The van der Waals surface area contributed by atoms with Crippen LogP contribution < -0.4 is 4.74 Å². The molecule has 0 spiro atoms. The van der Waals surface area contributed by atoms with E-state index >= 15 is 0 Å². The second-order valence-corrected chi connectivity index (χ2v) is 5.78. The van der Waals surface area contributed by atoms with Crippen molar-refractivity contribution < 1.29 is 13.9 Å². The highest BCUT2D eigenvalue weighted by molar-refractivity contribution is 5.88. The van der Waals surface area contributed by atoms with Crippen LogP contribution in [0.15, 0.2) is 36.5 Å². The molecule has 2 aromatic heterocycles. The Morgan fingerprint density at radius 1 is 1.12 bits per heavy atom. The highest BCUT2D eigenvalue weighted by Crippen LogP contribution is 2.31. The molecule has 0 aliphatic rings. The normalized spacial score (nSPS) is 11.2. The number of ether oxygens (including phenoxy) is 2. The van der Waals surface area contributed by atoms with Crippen LogP contribution in [0.1, 0.15) is 16.8 Å². The topological polar surface area (TPSA) is 36.3 Å². The van der Waals surface area contributed by atoms with Gasteiger partial charge >= 0.3 is 0 Å². The Morgan fingerprint density at radius 2 is 1.88 bits per heavy atom. The first-order valence-corrected chi connectivity index (χ1v) is 7.92. The molecular formula is C19H21FN2O2. The van der Waals surface area contributed by atoms with E-state index in [9.17, 15) is 4.39 Å². The second-order valence-electron chi connectivity index (χ2n) is 5.78. The number of rotatable bonds is 6. The summed E-state index contributed by atoms with van der Waals surface area (Å²) in [5.41, 5.74) is 4.28. The largest absolute Gasteiger partial charge is 0.471 e. The lowest BCUT2D eigenvalue weighted by Crippen LogP contribution is -2.07. The summed E-state index contributed by atoms with van der Waals surface area (Å²) in [6.07, 6.45) is 1.76. The molecule has 5 heteroatoms. The Morgan fingerprint density at radius 3 is 2.58 bits per heavy atom. The molecule has 2 heterocycles. The van der Waals surface area contributed by atoms with E-state index in [0.29, 0.717) is 19.1 Å². The van der Waals surface area contributed by atoms with Gasteiger partial charge in [-0.2, -0.15) is 0 Å². The average Bonchev–Trinajstić information content (AvgIpc) is 2.84. The lowest BCUT2D eigenvalue weighted by molar-refractivity contribution is 0.187. The van der Waals surface area contributed by atoms with Crippen LogP contribution >= 0.6 is 0 Å². The molecule has 0 amide bonds. The Kier molecular flexibility index (Phi) is 4.81. The lowest BCUT2D eigenvalue weighted by atomic mass is 10.2. The van der Waals surface area contributed by atoms with E-state index in [1.165, 1.54) is 23.4 Å². The molecule has 0 aliphatic heterocycles. The Hall–Kier alpha value is -2.40. The molecule has 0 saturated carbocycles. The van der Waals surface area contributed by atoms with Crippen LogP contribution in [0.4, 0.5) is 4.39 Å². The zero-order chi connectivity index (χ0) is 17.1. The van der Waals surface area contributed by atoms with E-state index in [1.54, 1.807) is 25.4 Å². The average molecular weight is 328 g/mol. The molecule has 0 aliphatic carbocycles. The summed E-state index contributed by atoms with van der Waals surface area (Å²) in [5.74, 6) is 0.336. The van der Waals surface area contributed by atoms with Gasteiger partial charge in [0.25, 0.3) is 0 Å². The fourth-order valence-corrected chi connectivity index (χ4v) is 2.86. The Labute approximate surface area is 140 Å². The van der Waals surface area contributed by atoms with Crippen LogP contribution in [0, 0.1) is 19.7 Å². The number of fused-ring (bicyclic) bond motifs is 1. The summed E-state index contributed by atoms with van der Waals surface area (Å²) >= 11 is 0. The zero-order valence-corrected chi connectivity index (χ0v) is 14.2. The van der Waals surface area contributed by atoms with E-state index in [1.807, 2.05) is 6.07 Å². The van der Waals surface area contributed by atoms with Crippen LogP contribution in [-0.2, 0) is 17.9 Å². The monoisotopic (exact) mass is 328 g/mol. The molecule has 3 aromatic rings. The van der Waals surface area contributed by atoms with E-state index in [-0.39, 0.29) is 5.82 Å². The molecule has 0 fully saturated rings. The molecule has 0 N–H and O–H groups in total. The predicted octanol–water partition coefficient (Wildman–Crippen LogP) is 4.02. The number of nitrogens with zero attached hydrogens (tertiary/aromatic N) is 2. The maximum Gasteiger partial charge on any atom is 0.238 e. The van der Waals surface area contributed by atoms with Crippen molar-refractivity contribution in [2.24, 2.45) is 0 Å². The summed E-state index contributed by atoms with van der Waals surface area (Å²) in [6.45, 7) is 5.90. The van der Waals surface area contributed by atoms with Crippen LogP contribution in [0.3, 0.4) is 0 Å². The summed E-state index contributed by atoms with van der Waals surface area (Å²) in [5, 5.41) is 1.13. The minimum absolute atomic E-state index is 0.251. The maximum atomic E-state index is 13.0. The molecule has 0 saturated heterocycles. The summed E-state index contributed by atoms with van der Waals surface area (Å²) in [7, 11) is 1.69. The Balaban J connectivity index is 1.95. The second kappa shape index (κ2) is 7.01. The van der Waals surface area contributed by atoms with Gasteiger partial charge in [-0.15, -0.1) is 0 Å². The third kappa shape index (κ3) is 3.12. The quantitative estimate of drug-likeness (QED) is 0.686. The number of aryl methyl sites for hydroxylation is 1. The maximum absolute atomic E-state index is 13.0. The standard InChI is InChI=1S/C19H21FN2O2/c1-13-14(2)22(10-11-23-3)18-17(13)8-9-21-19(18)24-12-15-4-6-16(20)7-5-15/h4-9H,10-12H2,1-3H3. The molecule has 4 nitrogen and oxygen atoms in total. The zero-order valence-electron chi connectivity index (χ0n) is 14.2. The van der Waals surface area contributed by atoms with Gasteiger partial charge in [-0.05, 0) is 43.2 Å². The number of hydrogen-bond donors (Lipinski definition) is 0. The van der Waals surface area contributed by atoms with Crippen LogP contribution in [0.5, 0.6) is 5.88 Å². The van der Waals surface area contributed by atoms with Gasteiger partial charge in [0.2, 0.25) is 5.88 Å². The predicted molar refractivity (Wildman–Crippen MR) is 91.8 cm³/mol. The molecule has 3 rings (SSSR count). The number of methoxy groups -OCH3 is 1. The van der Waals surface area contributed by atoms with Gasteiger partial charge in [0, 0.05) is 30.9 Å². The van der Waals surface area contributed by atoms with Gasteiger partial charge < -0.3 is 14.0 Å². The third-order valence-electron chi connectivity index (χ3n) is 4.32. The number of hydrogen-bond acceptors (Lipinski definition) is 3. The number of pyridine rings is 1. The van der Waals surface area contributed by atoms with Gasteiger partial charge in [0.05, 0.1) is 6.61 Å². The first-order chi connectivity index (χ1) is 11.6. The molecular weight excluding hydrogens is 307 g/mol. The van der Waals surface area contributed by atoms with Crippen LogP contribution in [-0.4, -0.2) is 23.3 Å². The molecule has 0 unspecified atom stereocenters. The minimum atomic E-state index is -0.251. The van der Waals surface area contributed by atoms with Crippen molar-refractivity contribution in [3.8, 4) is 5.88 Å². The first-order valence-electron chi connectivity index (χ1n) is 7.92. The number of aromatic nitrogens is 2. The molecule has 24 heavy (non-hydrogen) atoms. The fourth-order valence-electron chi connectivity index (χ4n) is 2.86. The molecule has 0 atom stereocenters. The van der Waals surface area contributed by atoms with Crippen molar-refractivity contribution in [1.82, 2.24) is 9.55 Å². The lowest BCUT2D eigenvalue weighted by Gasteiger charge is -2.11. The van der Waals surface area contributed by atoms with Crippen molar-refractivity contribution in [2.75, 3.05) is 13.7 Å². The van der Waals surface area contributed by atoms with Crippen LogP contribution in [0.25, 0.3) is 10.9 Å². The summed E-state index contributed by atoms with van der Waals surface area (Å²) in [4.78, 5) is 4.40. The van der Waals surface area contributed by atoms with Crippen molar-refractivity contribution in [1.29, 1.82) is 0 Å². The fraction of sp³-hybridized carbons (Fsp3) is 0.316. The van der Waals surface area contributed by atoms with Gasteiger partial charge in [0.1, 0.15) is 17.9 Å². The highest BCUT2D eigenvalue weighted by Gasteiger charge is 2.16. The van der Waals surface area contributed by atoms with Gasteiger partial charge in [-0.3, -0.25) is 0 Å². The van der Waals surface area contributed by atoms with Gasteiger partial charge in [0.15, 0.2) is 0 Å². The smallest absolute Gasteiger partial charge is 0.238 e. The molecule has 0 bridgehead atoms. The van der Waals surface area contributed by atoms with Gasteiger partial charge in [-0.25, -0.2) is 9.37 Å². The van der Waals surface area contributed by atoms with Crippen molar-refractivity contribution in [2.45, 2.75) is 27.0 Å². The van der Waals surface area contributed by atoms with Crippen molar-refractivity contribution >= 4 is 10.9 Å². The molecule has 1 aromatic carbocycles. The number of benzene rings is 1. The van der Waals surface area contributed by atoms with Crippen molar-refractivity contribution in [3.05, 3.63) is 59.2 Å². The Bertz CT molecular complexity index is 841. The molecule has 126 valence electrons. The third-order valence-corrected chi connectivity index (χ3v) is 4.32. The minimum Gasteiger partial charge on any atom is -0.471 e. The van der Waals surface area contributed by atoms with E-state index < -0.39 is 0 Å². The summed E-state index contributed by atoms with van der Waals surface area (Å²) < 4.78 is 26.4.